The third kappa shape index (κ3) is 2.13. The Hall–Kier alpha value is -2.12. The Morgan fingerprint density at radius 3 is 2.26 bits per heavy atom. The van der Waals surface area contributed by atoms with E-state index in [0.717, 1.165) is 0 Å². The van der Waals surface area contributed by atoms with Crippen LogP contribution in [-0.4, -0.2) is 24.9 Å². The van der Waals surface area contributed by atoms with Crippen LogP contribution in [0.15, 0.2) is 41.3 Å². The zero-order valence-corrected chi connectivity index (χ0v) is 10.6. The van der Waals surface area contributed by atoms with Gasteiger partial charge in [-0.15, -0.1) is 0 Å². The molecule has 1 atom stereocenters. The molecule has 0 radical (unpaired) electrons. The van der Waals surface area contributed by atoms with E-state index in [9.17, 15) is 13.2 Å². The Morgan fingerprint density at radius 1 is 1.11 bits per heavy atom. The van der Waals surface area contributed by atoms with Gasteiger partial charge in [0.05, 0.1) is 4.90 Å². The van der Waals surface area contributed by atoms with Crippen LogP contribution in [0.4, 0.5) is 5.69 Å². The lowest BCUT2D eigenvalue weighted by Gasteiger charge is -2.12. The molecule has 0 fully saturated rings. The summed E-state index contributed by atoms with van der Waals surface area (Å²) in [5, 5.41) is 7.68. The lowest BCUT2D eigenvalue weighted by molar-refractivity contribution is -0.136. The van der Waals surface area contributed by atoms with E-state index in [1.807, 2.05) is 0 Å². The van der Waals surface area contributed by atoms with Crippen LogP contribution in [0.3, 0.4) is 0 Å². The van der Waals surface area contributed by atoms with Crippen molar-refractivity contribution >= 4 is 32.3 Å². The molecule has 2 aromatic carbocycles. The van der Waals surface area contributed by atoms with Gasteiger partial charge in [-0.05, 0) is 12.1 Å². The van der Waals surface area contributed by atoms with Crippen LogP contribution in [-0.2, 0) is 14.6 Å². The summed E-state index contributed by atoms with van der Waals surface area (Å²) in [6.07, 6.45) is 0. The van der Waals surface area contributed by atoms with Gasteiger partial charge in [0, 0.05) is 16.5 Å². The largest absolute Gasteiger partial charge is 0.479 e. The molecule has 7 heteroatoms. The van der Waals surface area contributed by atoms with Crippen molar-refractivity contribution in [2.24, 2.45) is 5.73 Å². The van der Waals surface area contributed by atoms with E-state index in [2.05, 4.69) is 0 Å². The SMILES string of the molecule is Nc1ccc(S(=O)(=O)C(N)C(=O)O)c2ccccc12. The molecule has 6 nitrogen and oxygen atoms in total. The van der Waals surface area contributed by atoms with E-state index in [-0.39, 0.29) is 4.90 Å². The van der Waals surface area contributed by atoms with Crippen LogP contribution in [0, 0.1) is 0 Å². The first kappa shape index (κ1) is 13.3. The number of sulfone groups is 1. The van der Waals surface area contributed by atoms with Gasteiger partial charge in [-0.2, -0.15) is 0 Å². The monoisotopic (exact) mass is 280 g/mol. The fraction of sp³-hybridized carbons (Fsp3) is 0.0833. The van der Waals surface area contributed by atoms with E-state index in [0.29, 0.717) is 16.5 Å². The van der Waals surface area contributed by atoms with Crippen LogP contribution in [0.2, 0.25) is 0 Å². The highest BCUT2D eigenvalue weighted by Gasteiger charge is 2.31. The third-order valence-electron chi connectivity index (χ3n) is 2.80. The second kappa shape index (κ2) is 4.52. The summed E-state index contributed by atoms with van der Waals surface area (Å²) in [5.41, 5.74) is 11.4. The molecule has 19 heavy (non-hydrogen) atoms. The van der Waals surface area contributed by atoms with Gasteiger partial charge >= 0.3 is 5.97 Å². The average Bonchev–Trinajstić information content (AvgIpc) is 2.38. The number of fused-ring (bicyclic) bond motifs is 1. The number of hydrogen-bond acceptors (Lipinski definition) is 5. The molecule has 0 heterocycles. The fourth-order valence-electron chi connectivity index (χ4n) is 1.81. The molecule has 0 aliphatic heterocycles. The highest BCUT2D eigenvalue weighted by Crippen LogP contribution is 2.29. The lowest BCUT2D eigenvalue weighted by atomic mass is 10.1. The van der Waals surface area contributed by atoms with E-state index < -0.39 is 21.2 Å². The first-order valence-electron chi connectivity index (χ1n) is 5.35. The minimum absolute atomic E-state index is 0.132. The van der Waals surface area contributed by atoms with Gasteiger partial charge in [0.15, 0.2) is 0 Å². The number of carbonyl (C=O) groups is 1. The molecule has 0 amide bonds. The zero-order chi connectivity index (χ0) is 14.2. The van der Waals surface area contributed by atoms with Crippen LogP contribution >= 0.6 is 0 Å². The number of carboxylic acid groups (broad SMARTS) is 1. The maximum Gasteiger partial charge on any atom is 0.336 e. The van der Waals surface area contributed by atoms with Gasteiger partial charge < -0.3 is 16.6 Å². The molecule has 0 aliphatic carbocycles. The minimum Gasteiger partial charge on any atom is -0.479 e. The molecular weight excluding hydrogens is 268 g/mol. The topological polar surface area (TPSA) is 123 Å². The number of nitrogen functional groups attached to an aromatic ring is 1. The molecule has 0 saturated carbocycles. The third-order valence-corrected chi connectivity index (χ3v) is 4.64. The van der Waals surface area contributed by atoms with Crippen LogP contribution in [0.25, 0.3) is 10.8 Å². The lowest BCUT2D eigenvalue weighted by Crippen LogP contribution is -2.38. The number of rotatable bonds is 3. The van der Waals surface area contributed by atoms with Gasteiger partial charge in [0.1, 0.15) is 0 Å². The van der Waals surface area contributed by atoms with Gasteiger partial charge in [-0.1, -0.05) is 24.3 Å². The summed E-state index contributed by atoms with van der Waals surface area (Å²) in [5.74, 6) is -1.60. The van der Waals surface area contributed by atoms with Crippen LogP contribution in [0.5, 0.6) is 0 Å². The van der Waals surface area contributed by atoms with Crippen LogP contribution < -0.4 is 11.5 Å². The predicted molar refractivity (Wildman–Crippen MR) is 71.2 cm³/mol. The summed E-state index contributed by atoms with van der Waals surface area (Å²) in [4.78, 5) is 10.7. The smallest absolute Gasteiger partial charge is 0.336 e. The quantitative estimate of drug-likeness (QED) is 0.706. The number of benzene rings is 2. The van der Waals surface area contributed by atoms with Crippen molar-refractivity contribution in [1.82, 2.24) is 0 Å². The Bertz CT molecular complexity index is 755. The molecule has 5 N–H and O–H groups in total. The standard InChI is InChI=1S/C12H12N2O4S/c13-9-5-6-10(8-4-2-1-3-7(8)9)19(17,18)11(14)12(15)16/h1-6,11H,13-14H2,(H,15,16). The summed E-state index contributed by atoms with van der Waals surface area (Å²) in [6, 6.07) is 9.28. The molecule has 2 rings (SSSR count). The maximum atomic E-state index is 12.2. The molecule has 2 aromatic rings. The number of carboxylic acids is 1. The van der Waals surface area contributed by atoms with Crippen molar-refractivity contribution in [3.8, 4) is 0 Å². The minimum atomic E-state index is -4.16. The number of hydrogen-bond donors (Lipinski definition) is 3. The molecule has 1 unspecified atom stereocenters. The van der Waals surface area contributed by atoms with Crippen molar-refractivity contribution in [2.45, 2.75) is 10.3 Å². The molecule has 100 valence electrons. The van der Waals surface area contributed by atoms with Crippen molar-refractivity contribution < 1.29 is 18.3 Å². The Morgan fingerprint density at radius 2 is 1.68 bits per heavy atom. The highest BCUT2D eigenvalue weighted by atomic mass is 32.2. The van der Waals surface area contributed by atoms with E-state index in [1.165, 1.54) is 12.1 Å². The van der Waals surface area contributed by atoms with Crippen molar-refractivity contribution in [3.63, 3.8) is 0 Å². The molecular formula is C12H12N2O4S. The Balaban J connectivity index is 2.78. The molecule has 0 bridgehead atoms. The Labute approximate surface area is 109 Å². The van der Waals surface area contributed by atoms with Crippen LogP contribution in [0.1, 0.15) is 0 Å². The summed E-state index contributed by atoms with van der Waals surface area (Å²) >= 11 is 0. The summed E-state index contributed by atoms with van der Waals surface area (Å²) in [7, 11) is -4.16. The van der Waals surface area contributed by atoms with Gasteiger partial charge in [-0.3, -0.25) is 0 Å². The zero-order valence-electron chi connectivity index (χ0n) is 9.78. The second-order valence-corrected chi connectivity index (χ2v) is 6.04. The maximum absolute atomic E-state index is 12.2. The van der Waals surface area contributed by atoms with Gasteiger partial charge in [-0.25, -0.2) is 13.2 Å². The van der Waals surface area contributed by atoms with Crippen molar-refractivity contribution in [2.75, 3.05) is 5.73 Å². The number of aliphatic carboxylic acids is 1. The fourth-order valence-corrected chi connectivity index (χ4v) is 3.09. The van der Waals surface area contributed by atoms with E-state index >= 15 is 0 Å². The summed E-state index contributed by atoms with van der Waals surface area (Å²) in [6.45, 7) is 0. The molecule has 0 aromatic heterocycles. The number of anilines is 1. The average molecular weight is 280 g/mol. The van der Waals surface area contributed by atoms with E-state index in [1.54, 1.807) is 24.3 Å². The molecule has 0 saturated heterocycles. The first-order valence-corrected chi connectivity index (χ1v) is 6.90. The second-order valence-electron chi connectivity index (χ2n) is 4.00. The van der Waals surface area contributed by atoms with Crippen molar-refractivity contribution in [1.29, 1.82) is 0 Å². The first-order chi connectivity index (χ1) is 8.85. The normalized spacial score (nSPS) is 13.3. The number of nitrogens with two attached hydrogens (primary N) is 2. The van der Waals surface area contributed by atoms with Gasteiger partial charge in [0.2, 0.25) is 15.2 Å². The van der Waals surface area contributed by atoms with Gasteiger partial charge in [0.25, 0.3) is 0 Å². The predicted octanol–water partition coefficient (Wildman–Crippen LogP) is 0.565. The highest BCUT2D eigenvalue weighted by molar-refractivity contribution is 7.93. The molecule has 0 aliphatic rings. The molecule has 0 spiro atoms. The Kier molecular flexibility index (Phi) is 3.17. The van der Waals surface area contributed by atoms with Crippen molar-refractivity contribution in [3.05, 3.63) is 36.4 Å². The van der Waals surface area contributed by atoms with E-state index in [4.69, 9.17) is 16.6 Å². The summed E-state index contributed by atoms with van der Waals surface area (Å²) < 4.78 is 24.3.